The molecular weight excluding hydrogens is 236 g/mol. The van der Waals surface area contributed by atoms with Crippen LogP contribution >= 0.6 is 0 Å². The number of nitrogens with one attached hydrogen (secondary N) is 1. The molecule has 0 amide bonds. The SMILES string of the molecule is O=[N+]([O-])O.O=[N+]([O-])OCCCN1CCNCC1. The molecule has 1 saturated heterocycles. The van der Waals surface area contributed by atoms with E-state index in [1.165, 1.54) is 0 Å². The summed E-state index contributed by atoms with van der Waals surface area (Å²) < 4.78 is 0. The normalized spacial score (nSPS) is 15.5. The molecule has 0 atom stereocenters. The lowest BCUT2D eigenvalue weighted by atomic mass is 10.3. The molecule has 0 aromatic carbocycles. The summed E-state index contributed by atoms with van der Waals surface area (Å²) in [5, 5.41) is 26.0. The van der Waals surface area contributed by atoms with Gasteiger partial charge in [0.25, 0.3) is 10.2 Å². The summed E-state index contributed by atoms with van der Waals surface area (Å²) in [7, 11) is 0. The van der Waals surface area contributed by atoms with Gasteiger partial charge in [0.05, 0.1) is 6.61 Å². The third-order valence-electron chi connectivity index (χ3n) is 2.02. The second-order valence-electron chi connectivity index (χ2n) is 3.24. The molecule has 2 N–H and O–H groups in total. The average molecular weight is 252 g/mol. The lowest BCUT2D eigenvalue weighted by Crippen LogP contribution is -2.43. The maximum absolute atomic E-state index is 9.81. The highest BCUT2D eigenvalue weighted by Crippen LogP contribution is 1.94. The van der Waals surface area contributed by atoms with Crippen molar-refractivity contribution in [2.75, 3.05) is 39.3 Å². The zero-order valence-corrected chi connectivity index (χ0v) is 9.28. The largest absolute Gasteiger partial charge is 0.328 e. The van der Waals surface area contributed by atoms with Crippen LogP contribution in [0.25, 0.3) is 0 Å². The van der Waals surface area contributed by atoms with E-state index in [0.717, 1.165) is 39.1 Å². The molecule has 0 saturated carbocycles. The van der Waals surface area contributed by atoms with Crippen LogP contribution in [0.4, 0.5) is 0 Å². The molecule has 10 nitrogen and oxygen atoms in total. The Balaban J connectivity index is 0.000000557. The Labute approximate surface area is 97.4 Å². The molecule has 0 aromatic rings. The van der Waals surface area contributed by atoms with Crippen molar-refractivity contribution in [1.29, 1.82) is 0 Å². The predicted octanol–water partition coefficient (Wildman–Crippen LogP) is -0.858. The van der Waals surface area contributed by atoms with Crippen LogP contribution in [-0.4, -0.2) is 59.6 Å². The van der Waals surface area contributed by atoms with Crippen molar-refractivity contribution in [1.82, 2.24) is 10.2 Å². The van der Waals surface area contributed by atoms with Gasteiger partial charge in [0.15, 0.2) is 0 Å². The second-order valence-corrected chi connectivity index (χ2v) is 3.24. The summed E-state index contributed by atoms with van der Waals surface area (Å²) in [5.74, 6) is 0. The van der Waals surface area contributed by atoms with Gasteiger partial charge in [-0.1, -0.05) is 0 Å². The first kappa shape index (κ1) is 15.3. The van der Waals surface area contributed by atoms with Crippen molar-refractivity contribution in [3.63, 3.8) is 0 Å². The highest BCUT2D eigenvalue weighted by molar-refractivity contribution is 4.66. The molecule has 10 heteroatoms. The molecule has 100 valence electrons. The molecular formula is C7H16N4O6. The van der Waals surface area contributed by atoms with Gasteiger partial charge in [-0.15, -0.1) is 20.2 Å². The van der Waals surface area contributed by atoms with Gasteiger partial charge in [-0.05, 0) is 6.42 Å². The van der Waals surface area contributed by atoms with Crippen molar-refractivity contribution in [2.45, 2.75) is 6.42 Å². The van der Waals surface area contributed by atoms with E-state index >= 15 is 0 Å². The van der Waals surface area contributed by atoms with Crippen molar-refractivity contribution >= 4 is 0 Å². The fourth-order valence-electron chi connectivity index (χ4n) is 1.36. The Morgan fingerprint density at radius 3 is 2.29 bits per heavy atom. The van der Waals surface area contributed by atoms with E-state index in [0.29, 0.717) is 0 Å². The molecule has 1 heterocycles. The van der Waals surface area contributed by atoms with Gasteiger partial charge in [-0.3, -0.25) is 0 Å². The van der Waals surface area contributed by atoms with Gasteiger partial charge in [0.1, 0.15) is 0 Å². The van der Waals surface area contributed by atoms with Gasteiger partial charge in [-0.2, -0.15) is 0 Å². The number of hydrogen-bond acceptors (Lipinski definition) is 7. The van der Waals surface area contributed by atoms with Crippen molar-refractivity contribution in [3.05, 3.63) is 20.2 Å². The average Bonchev–Trinajstić information content (AvgIpc) is 2.25. The number of piperazine rings is 1. The van der Waals surface area contributed by atoms with Crippen LogP contribution < -0.4 is 5.32 Å². The van der Waals surface area contributed by atoms with E-state index in [1.54, 1.807) is 0 Å². The molecule has 0 aromatic heterocycles. The van der Waals surface area contributed by atoms with E-state index in [-0.39, 0.29) is 6.61 Å². The minimum Gasteiger partial charge on any atom is -0.328 e. The predicted molar refractivity (Wildman–Crippen MR) is 55.7 cm³/mol. The van der Waals surface area contributed by atoms with E-state index < -0.39 is 10.2 Å². The third kappa shape index (κ3) is 12.3. The zero-order valence-electron chi connectivity index (χ0n) is 9.28. The molecule has 0 bridgehead atoms. The smallest absolute Gasteiger partial charge is 0.294 e. The zero-order chi connectivity index (χ0) is 13.1. The molecule has 0 spiro atoms. The van der Waals surface area contributed by atoms with Crippen molar-refractivity contribution < 1.29 is 20.2 Å². The third-order valence-corrected chi connectivity index (χ3v) is 2.02. The molecule has 0 unspecified atom stereocenters. The Bertz CT molecular complexity index is 228. The van der Waals surface area contributed by atoms with Gasteiger partial charge < -0.3 is 20.3 Å². The Hall–Kier alpha value is -1.68. The van der Waals surface area contributed by atoms with Crippen molar-refractivity contribution in [3.8, 4) is 0 Å². The topological polar surface area (TPSA) is 131 Å². The maximum atomic E-state index is 9.81. The van der Waals surface area contributed by atoms with Crippen molar-refractivity contribution in [2.24, 2.45) is 0 Å². The van der Waals surface area contributed by atoms with E-state index in [2.05, 4.69) is 15.1 Å². The Morgan fingerprint density at radius 1 is 1.29 bits per heavy atom. The quantitative estimate of drug-likeness (QED) is 0.367. The monoisotopic (exact) mass is 252 g/mol. The molecule has 1 fully saturated rings. The molecule has 17 heavy (non-hydrogen) atoms. The van der Waals surface area contributed by atoms with Crippen LogP contribution in [0.1, 0.15) is 6.42 Å². The standard InChI is InChI=1S/C7H15N3O3.HNO3/c11-10(12)13-7-1-4-9-5-2-8-3-6-9;2-1(3)4/h8H,1-7H2;(H,2,3,4). The first-order valence-corrected chi connectivity index (χ1v) is 5.06. The van der Waals surface area contributed by atoms with E-state index in [4.69, 9.17) is 15.3 Å². The Kier molecular flexibility index (Phi) is 8.60. The molecule has 0 radical (unpaired) electrons. The van der Waals surface area contributed by atoms with Gasteiger partial charge >= 0.3 is 0 Å². The summed E-state index contributed by atoms with van der Waals surface area (Å²) >= 11 is 0. The molecule has 0 aliphatic carbocycles. The highest BCUT2D eigenvalue weighted by Gasteiger charge is 2.08. The summed E-state index contributed by atoms with van der Waals surface area (Å²) in [6, 6.07) is 0. The lowest BCUT2D eigenvalue weighted by Gasteiger charge is -2.26. The van der Waals surface area contributed by atoms with Crippen LogP contribution in [0.15, 0.2) is 0 Å². The molecule has 1 aliphatic rings. The molecule has 1 aliphatic heterocycles. The van der Waals surface area contributed by atoms with Gasteiger partial charge in [-0.25, -0.2) is 0 Å². The highest BCUT2D eigenvalue weighted by atomic mass is 16.9. The van der Waals surface area contributed by atoms with E-state index in [1.807, 2.05) is 0 Å². The minimum absolute atomic E-state index is 0.205. The van der Waals surface area contributed by atoms with E-state index in [9.17, 15) is 10.1 Å². The first-order valence-electron chi connectivity index (χ1n) is 5.06. The van der Waals surface area contributed by atoms with Crippen LogP contribution in [-0.2, 0) is 4.84 Å². The summed E-state index contributed by atoms with van der Waals surface area (Å²) in [6.45, 7) is 5.16. The number of rotatable bonds is 5. The fraction of sp³-hybridized carbons (Fsp3) is 1.00. The molecule has 1 rings (SSSR count). The number of nitrogens with zero attached hydrogens (tertiary/aromatic N) is 3. The van der Waals surface area contributed by atoms with Gasteiger partial charge in [0, 0.05) is 32.7 Å². The van der Waals surface area contributed by atoms with Crippen LogP contribution in [0.2, 0.25) is 0 Å². The maximum Gasteiger partial charge on any atom is 0.294 e. The lowest BCUT2D eigenvalue weighted by molar-refractivity contribution is -0.757. The number of hydrogen-bond donors (Lipinski definition) is 2. The van der Waals surface area contributed by atoms with Crippen LogP contribution in [0, 0.1) is 20.2 Å². The van der Waals surface area contributed by atoms with Crippen LogP contribution in [0.3, 0.4) is 0 Å². The Morgan fingerprint density at radius 2 is 1.82 bits per heavy atom. The summed E-state index contributed by atoms with van der Waals surface area (Å²) in [5.41, 5.74) is 0. The minimum atomic E-state index is -1.50. The van der Waals surface area contributed by atoms with Gasteiger partial charge in [0.2, 0.25) is 0 Å². The fourth-order valence-corrected chi connectivity index (χ4v) is 1.36. The second kappa shape index (κ2) is 9.54. The first-order chi connectivity index (χ1) is 8.02. The summed E-state index contributed by atoms with van der Waals surface area (Å²) in [6.07, 6.45) is 0.723. The van der Waals surface area contributed by atoms with Crippen LogP contribution in [0.5, 0.6) is 0 Å². The summed E-state index contributed by atoms with van der Waals surface area (Å²) in [4.78, 5) is 24.7.